The first-order valence-electron chi connectivity index (χ1n) is 6.93. The largest absolute Gasteiger partial charge is 0.508 e. The van der Waals surface area contributed by atoms with E-state index < -0.39 is 5.82 Å². The monoisotopic (exact) mass is 267 g/mol. The Bertz CT molecular complexity index is 448. The maximum absolute atomic E-state index is 13.6. The number of hydrogen-bond donors (Lipinski definition) is 1. The minimum atomic E-state index is -0.391. The zero-order chi connectivity index (χ0) is 14.0. The summed E-state index contributed by atoms with van der Waals surface area (Å²) < 4.78 is 19.2. The van der Waals surface area contributed by atoms with Crippen LogP contribution in [0.1, 0.15) is 32.8 Å². The van der Waals surface area contributed by atoms with Crippen molar-refractivity contribution in [1.29, 1.82) is 0 Å². The summed E-state index contributed by atoms with van der Waals surface area (Å²) in [5.41, 5.74) is 0.595. The molecule has 1 atom stereocenters. The van der Waals surface area contributed by atoms with Crippen LogP contribution in [-0.2, 0) is 6.42 Å². The van der Waals surface area contributed by atoms with E-state index in [1.54, 1.807) is 0 Å². The second-order valence-electron chi connectivity index (χ2n) is 5.37. The van der Waals surface area contributed by atoms with Crippen LogP contribution in [0.3, 0.4) is 0 Å². The molecule has 1 aromatic rings. The lowest BCUT2D eigenvalue weighted by Gasteiger charge is -2.37. The molecule has 3 nitrogen and oxygen atoms in total. The molecular formula is C15H22FNO2. The summed E-state index contributed by atoms with van der Waals surface area (Å²) in [5.74, 6) is -0.0457. The van der Waals surface area contributed by atoms with E-state index in [1.807, 2.05) is 0 Å². The van der Waals surface area contributed by atoms with E-state index in [2.05, 4.69) is 25.7 Å². The van der Waals surface area contributed by atoms with Crippen molar-refractivity contribution in [1.82, 2.24) is 4.90 Å². The third-order valence-electron chi connectivity index (χ3n) is 3.66. The number of nitrogens with zero attached hydrogens (tertiary/aromatic N) is 1. The van der Waals surface area contributed by atoms with Gasteiger partial charge < -0.3 is 9.84 Å². The number of halogens is 1. The summed E-state index contributed by atoms with van der Waals surface area (Å²) in [6, 6.07) is 3.26. The summed E-state index contributed by atoms with van der Waals surface area (Å²) in [5, 5.41) is 9.88. The minimum Gasteiger partial charge on any atom is -0.508 e. The summed E-state index contributed by atoms with van der Waals surface area (Å²) in [6.07, 6.45) is 1.70. The van der Waals surface area contributed by atoms with Crippen molar-refractivity contribution in [2.24, 2.45) is 0 Å². The van der Waals surface area contributed by atoms with Gasteiger partial charge in [0.25, 0.3) is 0 Å². The molecule has 2 rings (SSSR count). The summed E-state index contributed by atoms with van der Waals surface area (Å²) in [4.78, 5) is 2.35. The fourth-order valence-corrected chi connectivity index (χ4v) is 2.75. The molecule has 0 aromatic heterocycles. The van der Waals surface area contributed by atoms with Gasteiger partial charge in [0.2, 0.25) is 0 Å². The molecule has 1 aromatic carbocycles. The van der Waals surface area contributed by atoms with Crippen LogP contribution in [0.2, 0.25) is 0 Å². The van der Waals surface area contributed by atoms with Gasteiger partial charge in [-0.25, -0.2) is 4.39 Å². The van der Waals surface area contributed by atoms with Crippen LogP contribution in [0.15, 0.2) is 12.1 Å². The molecule has 0 fully saturated rings. The average Bonchev–Trinajstić information content (AvgIpc) is 2.39. The molecule has 0 aliphatic carbocycles. The molecule has 4 heteroatoms. The lowest BCUT2D eigenvalue weighted by atomic mass is 9.99. The summed E-state index contributed by atoms with van der Waals surface area (Å²) in [7, 11) is 0. The van der Waals surface area contributed by atoms with Crippen LogP contribution in [0.5, 0.6) is 11.5 Å². The van der Waals surface area contributed by atoms with Crippen LogP contribution in [0, 0.1) is 5.82 Å². The number of benzene rings is 1. The van der Waals surface area contributed by atoms with E-state index in [4.69, 9.17) is 4.74 Å². The van der Waals surface area contributed by atoms with Crippen LogP contribution >= 0.6 is 0 Å². The molecule has 0 radical (unpaired) electrons. The highest BCUT2D eigenvalue weighted by molar-refractivity contribution is 5.46. The Labute approximate surface area is 114 Å². The van der Waals surface area contributed by atoms with E-state index in [1.165, 1.54) is 12.1 Å². The molecule has 1 aliphatic heterocycles. The topological polar surface area (TPSA) is 32.7 Å². The van der Waals surface area contributed by atoms with E-state index in [-0.39, 0.29) is 17.5 Å². The fourth-order valence-electron chi connectivity index (χ4n) is 2.75. The second-order valence-corrected chi connectivity index (χ2v) is 5.37. The molecule has 0 amide bonds. The highest BCUT2D eigenvalue weighted by Gasteiger charge is 2.29. The predicted octanol–water partition coefficient (Wildman–Crippen LogP) is 2.96. The smallest absolute Gasteiger partial charge is 0.165 e. The van der Waals surface area contributed by atoms with Gasteiger partial charge in [-0.15, -0.1) is 0 Å². The Balaban J connectivity index is 2.23. The van der Waals surface area contributed by atoms with Gasteiger partial charge in [-0.2, -0.15) is 0 Å². The van der Waals surface area contributed by atoms with E-state index in [0.29, 0.717) is 24.6 Å². The van der Waals surface area contributed by atoms with Crippen molar-refractivity contribution >= 4 is 0 Å². The van der Waals surface area contributed by atoms with Gasteiger partial charge >= 0.3 is 0 Å². The van der Waals surface area contributed by atoms with Gasteiger partial charge in [0.05, 0.1) is 0 Å². The maximum Gasteiger partial charge on any atom is 0.165 e. The van der Waals surface area contributed by atoms with Crippen molar-refractivity contribution in [3.8, 4) is 11.5 Å². The first-order valence-corrected chi connectivity index (χ1v) is 6.93. The number of rotatable bonds is 4. The Kier molecular flexibility index (Phi) is 4.30. The van der Waals surface area contributed by atoms with Crippen molar-refractivity contribution < 1.29 is 14.2 Å². The van der Waals surface area contributed by atoms with Gasteiger partial charge in [0.1, 0.15) is 12.4 Å². The molecule has 1 aliphatic rings. The number of hydrogen-bond acceptors (Lipinski definition) is 3. The van der Waals surface area contributed by atoms with Gasteiger partial charge in [-0.1, -0.05) is 6.92 Å². The second kappa shape index (κ2) is 5.78. The number of phenols is 1. The normalized spacial score (nSPS) is 18.5. The molecule has 106 valence electrons. The third kappa shape index (κ3) is 2.84. The molecule has 0 saturated heterocycles. The quantitative estimate of drug-likeness (QED) is 0.910. The number of aromatic hydroxyl groups is 1. The number of fused-ring (bicyclic) bond motifs is 1. The molecule has 1 N–H and O–H groups in total. The molecule has 0 saturated carbocycles. The fraction of sp³-hybridized carbons (Fsp3) is 0.600. The van der Waals surface area contributed by atoms with Crippen LogP contribution in [0.4, 0.5) is 4.39 Å². The van der Waals surface area contributed by atoms with Crippen LogP contribution < -0.4 is 4.74 Å². The van der Waals surface area contributed by atoms with E-state index >= 15 is 0 Å². The Hall–Kier alpha value is -1.29. The Morgan fingerprint density at radius 1 is 1.47 bits per heavy atom. The predicted molar refractivity (Wildman–Crippen MR) is 73.2 cm³/mol. The number of ether oxygens (including phenoxy) is 1. The van der Waals surface area contributed by atoms with Gasteiger partial charge in [-0.05, 0) is 45.4 Å². The Morgan fingerprint density at radius 3 is 2.84 bits per heavy atom. The standard InChI is InChI=1S/C15H22FNO2/c1-4-7-17(10(2)3)11-8-12-14(18)6-5-13(16)15(12)19-9-11/h5-6,10-11,18H,4,7-9H2,1-3H3. The van der Waals surface area contributed by atoms with Crippen molar-refractivity contribution in [2.75, 3.05) is 13.2 Å². The molecule has 1 heterocycles. The molecule has 1 unspecified atom stereocenters. The van der Waals surface area contributed by atoms with Crippen LogP contribution in [-0.4, -0.2) is 35.2 Å². The first-order chi connectivity index (χ1) is 9.04. The Morgan fingerprint density at radius 2 is 2.21 bits per heavy atom. The van der Waals surface area contributed by atoms with Crippen LogP contribution in [0.25, 0.3) is 0 Å². The zero-order valence-electron chi connectivity index (χ0n) is 11.8. The minimum absolute atomic E-state index is 0.126. The molecular weight excluding hydrogens is 245 g/mol. The molecule has 19 heavy (non-hydrogen) atoms. The van der Waals surface area contributed by atoms with Crippen molar-refractivity contribution in [3.05, 3.63) is 23.5 Å². The first kappa shape index (κ1) is 14.1. The average molecular weight is 267 g/mol. The van der Waals surface area contributed by atoms with E-state index in [9.17, 15) is 9.50 Å². The van der Waals surface area contributed by atoms with E-state index in [0.717, 1.165) is 13.0 Å². The molecule has 0 bridgehead atoms. The third-order valence-corrected chi connectivity index (χ3v) is 3.66. The zero-order valence-corrected chi connectivity index (χ0v) is 11.8. The lowest BCUT2D eigenvalue weighted by Crippen LogP contribution is -2.47. The molecule has 0 spiro atoms. The van der Waals surface area contributed by atoms with Gasteiger partial charge in [0, 0.05) is 17.6 Å². The summed E-state index contributed by atoms with van der Waals surface area (Å²) >= 11 is 0. The van der Waals surface area contributed by atoms with Crippen molar-refractivity contribution in [3.63, 3.8) is 0 Å². The lowest BCUT2D eigenvalue weighted by molar-refractivity contribution is 0.0891. The summed E-state index contributed by atoms with van der Waals surface area (Å²) in [6.45, 7) is 7.90. The van der Waals surface area contributed by atoms with Crippen molar-refractivity contribution in [2.45, 2.75) is 45.7 Å². The SMILES string of the molecule is CCCN(C(C)C)C1COc2c(F)ccc(O)c2C1. The highest BCUT2D eigenvalue weighted by Crippen LogP contribution is 2.35. The maximum atomic E-state index is 13.6. The van der Waals surface area contributed by atoms with Gasteiger partial charge in [-0.3, -0.25) is 4.90 Å². The highest BCUT2D eigenvalue weighted by atomic mass is 19.1. The number of phenolic OH excluding ortho intramolecular Hbond substituents is 1. The van der Waals surface area contributed by atoms with Gasteiger partial charge in [0.15, 0.2) is 11.6 Å².